The third-order valence-corrected chi connectivity index (χ3v) is 2.22. The van der Waals surface area contributed by atoms with Crippen LogP contribution in [0.5, 0.6) is 5.75 Å². The number of phenolic OH excluding ortho intramolecular Hbond substituents is 1. The Kier molecular flexibility index (Phi) is 5.48. The maximum absolute atomic E-state index is 11.3. The summed E-state index contributed by atoms with van der Waals surface area (Å²) in [5, 5.41) is 15.0. The van der Waals surface area contributed by atoms with Gasteiger partial charge < -0.3 is 20.5 Å². The Morgan fingerprint density at radius 1 is 1.21 bits per heavy atom. The molecule has 1 aromatic carbocycles. The number of alkyl carbamates (subject to hydrolysis) is 1. The van der Waals surface area contributed by atoms with E-state index in [2.05, 4.69) is 10.6 Å². The normalized spacial score (nSPS) is 10.9. The molecule has 0 saturated heterocycles. The minimum absolute atomic E-state index is 0.247. The molecule has 1 amide bonds. The van der Waals surface area contributed by atoms with Crippen LogP contribution in [0, 0.1) is 0 Å². The molecule has 5 nitrogen and oxygen atoms in total. The molecule has 0 unspecified atom stereocenters. The van der Waals surface area contributed by atoms with E-state index in [0.717, 1.165) is 18.7 Å². The molecule has 1 rings (SSSR count). The highest BCUT2D eigenvalue weighted by Crippen LogP contribution is 2.13. The van der Waals surface area contributed by atoms with Crippen molar-refractivity contribution in [3.63, 3.8) is 0 Å². The van der Waals surface area contributed by atoms with Crippen molar-refractivity contribution in [3.8, 4) is 5.75 Å². The Hall–Kier alpha value is -1.91. The van der Waals surface area contributed by atoms with Crippen molar-refractivity contribution in [1.82, 2.24) is 5.32 Å². The summed E-state index contributed by atoms with van der Waals surface area (Å²) >= 11 is 0. The number of ether oxygens (including phenoxy) is 1. The van der Waals surface area contributed by atoms with Crippen molar-refractivity contribution in [2.75, 3.05) is 18.4 Å². The van der Waals surface area contributed by atoms with Gasteiger partial charge in [0.1, 0.15) is 11.4 Å². The average Bonchev–Trinajstić information content (AvgIpc) is 2.29. The Morgan fingerprint density at radius 3 is 2.42 bits per heavy atom. The van der Waals surface area contributed by atoms with Gasteiger partial charge in [0.15, 0.2) is 0 Å². The molecule has 0 aliphatic heterocycles. The molecular formula is C14H22N2O3. The van der Waals surface area contributed by atoms with E-state index < -0.39 is 11.7 Å². The number of rotatable bonds is 5. The second-order valence-electron chi connectivity index (χ2n) is 5.26. The maximum atomic E-state index is 11.3. The quantitative estimate of drug-likeness (QED) is 0.566. The first-order valence-corrected chi connectivity index (χ1v) is 6.36. The van der Waals surface area contributed by atoms with E-state index in [9.17, 15) is 4.79 Å². The van der Waals surface area contributed by atoms with Crippen LogP contribution in [0.2, 0.25) is 0 Å². The third kappa shape index (κ3) is 7.18. The molecule has 1 aromatic rings. The van der Waals surface area contributed by atoms with Crippen LogP contribution in [0.15, 0.2) is 24.3 Å². The predicted octanol–water partition coefficient (Wildman–Crippen LogP) is 2.72. The van der Waals surface area contributed by atoms with E-state index >= 15 is 0 Å². The molecule has 5 heteroatoms. The van der Waals surface area contributed by atoms with Crippen molar-refractivity contribution >= 4 is 11.8 Å². The number of hydrogen-bond acceptors (Lipinski definition) is 4. The summed E-state index contributed by atoms with van der Waals surface area (Å²) in [5.74, 6) is 0.247. The number of carbonyl (C=O) groups is 1. The van der Waals surface area contributed by atoms with Gasteiger partial charge >= 0.3 is 6.09 Å². The third-order valence-electron chi connectivity index (χ3n) is 2.22. The van der Waals surface area contributed by atoms with Crippen LogP contribution in [0.3, 0.4) is 0 Å². The fraction of sp³-hybridized carbons (Fsp3) is 0.500. The van der Waals surface area contributed by atoms with Crippen LogP contribution in [0.1, 0.15) is 27.2 Å². The summed E-state index contributed by atoms with van der Waals surface area (Å²) in [7, 11) is 0. The predicted molar refractivity (Wildman–Crippen MR) is 75.5 cm³/mol. The number of benzene rings is 1. The van der Waals surface area contributed by atoms with Crippen LogP contribution < -0.4 is 10.6 Å². The van der Waals surface area contributed by atoms with E-state index in [-0.39, 0.29) is 5.75 Å². The standard InChI is InChI=1S/C14H22N2O3/c1-14(2,3)19-13(18)16-10-4-9-15-11-5-7-12(17)8-6-11/h5-8,15,17H,4,9-10H2,1-3H3,(H,16,18). The van der Waals surface area contributed by atoms with Crippen molar-refractivity contribution < 1.29 is 14.6 Å². The summed E-state index contributed by atoms with van der Waals surface area (Å²) in [4.78, 5) is 11.3. The number of nitrogens with one attached hydrogen (secondary N) is 2. The van der Waals surface area contributed by atoms with E-state index in [1.807, 2.05) is 20.8 Å². The van der Waals surface area contributed by atoms with Gasteiger partial charge in [-0.3, -0.25) is 0 Å². The number of aromatic hydroxyl groups is 1. The van der Waals surface area contributed by atoms with Crippen LogP contribution in [0.25, 0.3) is 0 Å². The highest BCUT2D eigenvalue weighted by atomic mass is 16.6. The molecule has 19 heavy (non-hydrogen) atoms. The second kappa shape index (κ2) is 6.87. The number of phenols is 1. The summed E-state index contributed by atoms with van der Waals surface area (Å²) in [6.45, 7) is 6.79. The first-order chi connectivity index (χ1) is 8.87. The molecule has 3 N–H and O–H groups in total. The topological polar surface area (TPSA) is 70.6 Å². The Morgan fingerprint density at radius 2 is 1.84 bits per heavy atom. The largest absolute Gasteiger partial charge is 0.508 e. The number of anilines is 1. The summed E-state index contributed by atoms with van der Waals surface area (Å²) in [5.41, 5.74) is 0.476. The monoisotopic (exact) mass is 266 g/mol. The van der Waals surface area contributed by atoms with Crippen molar-refractivity contribution in [3.05, 3.63) is 24.3 Å². The van der Waals surface area contributed by atoms with E-state index in [1.54, 1.807) is 24.3 Å². The molecule has 0 aliphatic rings. The maximum Gasteiger partial charge on any atom is 0.407 e. The molecule has 0 spiro atoms. The van der Waals surface area contributed by atoms with Crippen molar-refractivity contribution in [2.45, 2.75) is 32.8 Å². The summed E-state index contributed by atoms with van der Waals surface area (Å²) in [6, 6.07) is 6.86. The molecule has 0 saturated carbocycles. The minimum atomic E-state index is -0.464. The first-order valence-electron chi connectivity index (χ1n) is 6.36. The van der Waals surface area contributed by atoms with E-state index in [0.29, 0.717) is 6.54 Å². The van der Waals surface area contributed by atoms with Gasteiger partial charge in [-0.1, -0.05) is 0 Å². The van der Waals surface area contributed by atoms with Gasteiger partial charge in [-0.05, 0) is 51.5 Å². The van der Waals surface area contributed by atoms with Gasteiger partial charge in [0, 0.05) is 18.8 Å². The molecular weight excluding hydrogens is 244 g/mol. The highest BCUT2D eigenvalue weighted by Gasteiger charge is 2.15. The van der Waals surface area contributed by atoms with Crippen molar-refractivity contribution in [1.29, 1.82) is 0 Å². The molecule has 106 valence electrons. The Bertz CT molecular complexity index is 396. The number of amides is 1. The molecule has 0 aromatic heterocycles. The molecule has 0 radical (unpaired) electrons. The van der Waals surface area contributed by atoms with Crippen LogP contribution in [-0.4, -0.2) is 29.9 Å². The minimum Gasteiger partial charge on any atom is -0.508 e. The lowest BCUT2D eigenvalue weighted by Gasteiger charge is -2.19. The van der Waals surface area contributed by atoms with Gasteiger partial charge in [-0.25, -0.2) is 4.79 Å². The zero-order valence-corrected chi connectivity index (χ0v) is 11.7. The summed E-state index contributed by atoms with van der Waals surface area (Å²) in [6.07, 6.45) is 0.400. The fourth-order valence-electron chi connectivity index (χ4n) is 1.41. The Labute approximate surface area is 114 Å². The van der Waals surface area contributed by atoms with Gasteiger partial charge in [-0.2, -0.15) is 0 Å². The van der Waals surface area contributed by atoms with E-state index in [4.69, 9.17) is 9.84 Å². The van der Waals surface area contributed by atoms with Gasteiger partial charge in [-0.15, -0.1) is 0 Å². The lowest BCUT2D eigenvalue weighted by Crippen LogP contribution is -2.33. The Balaban J connectivity index is 2.11. The van der Waals surface area contributed by atoms with Gasteiger partial charge in [0.2, 0.25) is 0 Å². The van der Waals surface area contributed by atoms with Crippen LogP contribution in [-0.2, 0) is 4.74 Å². The molecule has 0 atom stereocenters. The smallest absolute Gasteiger partial charge is 0.407 e. The molecule has 0 aliphatic carbocycles. The lowest BCUT2D eigenvalue weighted by atomic mass is 10.2. The lowest BCUT2D eigenvalue weighted by molar-refractivity contribution is 0.0528. The highest BCUT2D eigenvalue weighted by molar-refractivity contribution is 5.67. The van der Waals surface area contributed by atoms with Crippen molar-refractivity contribution in [2.24, 2.45) is 0 Å². The molecule has 0 bridgehead atoms. The van der Waals surface area contributed by atoms with Gasteiger partial charge in [0.05, 0.1) is 0 Å². The first kappa shape index (κ1) is 15.1. The SMILES string of the molecule is CC(C)(C)OC(=O)NCCCNc1ccc(O)cc1. The van der Waals surface area contributed by atoms with Crippen LogP contribution >= 0.6 is 0 Å². The zero-order chi connectivity index (χ0) is 14.3. The number of hydrogen-bond donors (Lipinski definition) is 3. The second-order valence-corrected chi connectivity index (χ2v) is 5.26. The molecule has 0 fully saturated rings. The average molecular weight is 266 g/mol. The fourth-order valence-corrected chi connectivity index (χ4v) is 1.41. The molecule has 0 heterocycles. The number of carbonyl (C=O) groups excluding carboxylic acids is 1. The van der Waals surface area contributed by atoms with E-state index in [1.165, 1.54) is 0 Å². The zero-order valence-electron chi connectivity index (χ0n) is 11.7. The van der Waals surface area contributed by atoms with Gasteiger partial charge in [0.25, 0.3) is 0 Å². The van der Waals surface area contributed by atoms with Crippen LogP contribution in [0.4, 0.5) is 10.5 Å². The summed E-state index contributed by atoms with van der Waals surface area (Å²) < 4.78 is 5.12.